The Morgan fingerprint density at radius 1 is 0.969 bits per heavy atom. The van der Waals surface area contributed by atoms with Gasteiger partial charge in [0.05, 0.1) is 0 Å². The van der Waals surface area contributed by atoms with E-state index in [-0.39, 0.29) is 18.7 Å². The van der Waals surface area contributed by atoms with Gasteiger partial charge in [0.15, 0.2) is 5.54 Å². The second-order valence-electron chi connectivity index (χ2n) is 7.32. The number of carbonyl (C=O) groups excluding carboxylic acids is 3. The van der Waals surface area contributed by atoms with Gasteiger partial charge in [0.1, 0.15) is 23.6 Å². The average molecular weight is 433 g/mol. The van der Waals surface area contributed by atoms with Crippen LogP contribution in [0.15, 0.2) is 72.8 Å². The number of imide groups is 1. The molecule has 0 bridgehead atoms. The van der Waals surface area contributed by atoms with Gasteiger partial charge in [-0.25, -0.2) is 9.18 Å². The molecule has 0 radical (unpaired) electrons. The van der Waals surface area contributed by atoms with Gasteiger partial charge >= 0.3 is 6.03 Å². The summed E-state index contributed by atoms with van der Waals surface area (Å²) >= 11 is 0. The molecule has 3 amide bonds. The third-order valence-electron chi connectivity index (χ3n) is 5.19. The lowest BCUT2D eigenvalue weighted by Gasteiger charge is -2.27. The summed E-state index contributed by atoms with van der Waals surface area (Å²) in [5, 5.41) is 8.08. The van der Waals surface area contributed by atoms with Crippen molar-refractivity contribution in [2.75, 3.05) is 6.54 Å². The van der Waals surface area contributed by atoms with Gasteiger partial charge in [-0.1, -0.05) is 36.4 Å². The van der Waals surface area contributed by atoms with Gasteiger partial charge in [-0.3, -0.25) is 14.9 Å². The number of benzene rings is 3. The molecule has 7 nitrogen and oxygen atoms in total. The monoisotopic (exact) mass is 433 g/mol. The van der Waals surface area contributed by atoms with Crippen molar-refractivity contribution in [2.45, 2.75) is 12.1 Å². The van der Waals surface area contributed by atoms with Gasteiger partial charge in [0.2, 0.25) is 0 Å². The van der Waals surface area contributed by atoms with Crippen LogP contribution in [-0.4, -0.2) is 24.8 Å². The molecule has 3 aromatic rings. The van der Waals surface area contributed by atoms with Crippen LogP contribution in [0.2, 0.25) is 0 Å². The lowest BCUT2D eigenvalue weighted by atomic mass is 9.89. The van der Waals surface area contributed by atoms with Crippen molar-refractivity contribution in [3.05, 3.63) is 95.3 Å². The van der Waals surface area contributed by atoms with Crippen LogP contribution in [0.5, 0.6) is 11.5 Å². The summed E-state index contributed by atoms with van der Waals surface area (Å²) in [6, 6.07) is 19.4. The van der Waals surface area contributed by atoms with Gasteiger partial charge in [0.25, 0.3) is 5.91 Å². The first-order chi connectivity index (χ1) is 15.5. The van der Waals surface area contributed by atoms with E-state index in [1.807, 2.05) is 18.2 Å². The zero-order valence-electron chi connectivity index (χ0n) is 16.9. The summed E-state index contributed by atoms with van der Waals surface area (Å²) in [4.78, 5) is 36.0. The molecule has 1 unspecified atom stereocenters. The number of nitrogens with one attached hydrogen (secondary N) is 3. The number of halogens is 1. The minimum absolute atomic E-state index is 0.0367. The standard InChI is InChI=1S/C24H20FN3O4/c25-19-10-9-16(17(11-19)14-29)13-26-15-24(22(30)27-23(31)28-24)18-5-4-8-21(12-18)32-20-6-2-1-3-7-20/h1-12,14,26H,13,15H2,(H2,27,28,30,31). The first-order valence-corrected chi connectivity index (χ1v) is 9.91. The summed E-state index contributed by atoms with van der Waals surface area (Å²) < 4.78 is 19.2. The quantitative estimate of drug-likeness (QED) is 0.374. The second kappa shape index (κ2) is 8.99. The lowest BCUT2D eigenvalue weighted by molar-refractivity contribution is -0.124. The smallest absolute Gasteiger partial charge is 0.322 e. The van der Waals surface area contributed by atoms with Gasteiger partial charge in [-0.2, -0.15) is 0 Å². The van der Waals surface area contributed by atoms with Gasteiger partial charge in [-0.15, -0.1) is 0 Å². The molecule has 8 heteroatoms. The number of para-hydroxylation sites is 1. The fraction of sp³-hybridized carbons (Fsp3) is 0.125. The van der Waals surface area contributed by atoms with E-state index in [1.54, 1.807) is 36.4 Å². The number of rotatable bonds is 8. The summed E-state index contributed by atoms with van der Waals surface area (Å²) in [5.74, 6) is 0.116. The van der Waals surface area contributed by atoms with E-state index in [0.29, 0.717) is 28.9 Å². The Hall–Kier alpha value is -4.04. The molecule has 32 heavy (non-hydrogen) atoms. The van der Waals surface area contributed by atoms with E-state index in [2.05, 4.69) is 16.0 Å². The SMILES string of the molecule is O=Cc1cc(F)ccc1CNCC1(c2cccc(Oc3ccccc3)c2)NC(=O)NC1=O. The van der Waals surface area contributed by atoms with Crippen LogP contribution in [0.1, 0.15) is 21.5 Å². The molecule has 1 aliphatic heterocycles. The molecule has 0 aliphatic carbocycles. The van der Waals surface area contributed by atoms with E-state index in [1.165, 1.54) is 12.1 Å². The molecule has 3 aromatic carbocycles. The number of hydrogen-bond donors (Lipinski definition) is 3. The third-order valence-corrected chi connectivity index (χ3v) is 5.19. The largest absolute Gasteiger partial charge is 0.457 e. The van der Waals surface area contributed by atoms with Crippen LogP contribution >= 0.6 is 0 Å². The first-order valence-electron chi connectivity index (χ1n) is 9.91. The van der Waals surface area contributed by atoms with Gasteiger partial charge in [0, 0.05) is 18.7 Å². The summed E-state index contributed by atoms with van der Waals surface area (Å²) in [7, 11) is 0. The number of ether oxygens (including phenoxy) is 1. The number of aldehydes is 1. The zero-order valence-corrected chi connectivity index (χ0v) is 16.9. The Bertz CT molecular complexity index is 1170. The highest BCUT2D eigenvalue weighted by molar-refractivity contribution is 6.07. The highest BCUT2D eigenvalue weighted by atomic mass is 19.1. The van der Waals surface area contributed by atoms with Crippen LogP contribution in [0.3, 0.4) is 0 Å². The molecule has 0 spiro atoms. The molecule has 1 heterocycles. The van der Waals surface area contributed by atoms with Crippen molar-refractivity contribution in [2.24, 2.45) is 0 Å². The van der Waals surface area contributed by atoms with Crippen LogP contribution in [0.25, 0.3) is 0 Å². The number of urea groups is 1. The van der Waals surface area contributed by atoms with Crippen molar-refractivity contribution >= 4 is 18.2 Å². The third kappa shape index (κ3) is 4.35. The zero-order chi connectivity index (χ0) is 22.6. The topological polar surface area (TPSA) is 96.5 Å². The van der Waals surface area contributed by atoms with Crippen molar-refractivity contribution in [1.82, 2.24) is 16.0 Å². The minimum atomic E-state index is -1.38. The van der Waals surface area contributed by atoms with Crippen molar-refractivity contribution in [3.63, 3.8) is 0 Å². The van der Waals surface area contributed by atoms with Crippen LogP contribution in [-0.2, 0) is 16.9 Å². The Morgan fingerprint density at radius 3 is 2.47 bits per heavy atom. The first kappa shape index (κ1) is 21.2. The van der Waals surface area contributed by atoms with Crippen LogP contribution in [0.4, 0.5) is 9.18 Å². The van der Waals surface area contributed by atoms with E-state index < -0.39 is 23.3 Å². The normalized spacial score (nSPS) is 17.5. The number of hydrogen-bond acceptors (Lipinski definition) is 5. The van der Waals surface area contributed by atoms with Crippen LogP contribution < -0.4 is 20.7 Å². The summed E-state index contributed by atoms with van der Waals surface area (Å²) in [6.45, 7) is 0.231. The summed E-state index contributed by atoms with van der Waals surface area (Å²) in [5.41, 5.74) is -0.0715. The Morgan fingerprint density at radius 2 is 1.75 bits per heavy atom. The van der Waals surface area contributed by atoms with Crippen molar-refractivity contribution in [3.8, 4) is 11.5 Å². The van der Waals surface area contributed by atoms with E-state index >= 15 is 0 Å². The molecule has 1 aliphatic rings. The molecule has 0 aromatic heterocycles. The molecule has 1 saturated heterocycles. The molecular weight excluding hydrogens is 413 g/mol. The number of amides is 3. The Balaban J connectivity index is 1.58. The van der Waals surface area contributed by atoms with Crippen LogP contribution in [0, 0.1) is 5.82 Å². The maximum Gasteiger partial charge on any atom is 0.322 e. The van der Waals surface area contributed by atoms with E-state index in [9.17, 15) is 18.8 Å². The second-order valence-corrected chi connectivity index (χ2v) is 7.32. The van der Waals surface area contributed by atoms with E-state index in [4.69, 9.17) is 4.74 Å². The average Bonchev–Trinajstić information content (AvgIpc) is 3.09. The molecular formula is C24H20FN3O4. The number of carbonyl (C=O) groups is 3. The molecule has 0 saturated carbocycles. The molecule has 1 atom stereocenters. The van der Waals surface area contributed by atoms with Crippen molar-refractivity contribution in [1.29, 1.82) is 0 Å². The van der Waals surface area contributed by atoms with Crippen molar-refractivity contribution < 1.29 is 23.5 Å². The summed E-state index contributed by atoms with van der Waals surface area (Å²) in [6.07, 6.45) is 0.574. The molecule has 162 valence electrons. The van der Waals surface area contributed by atoms with E-state index in [0.717, 1.165) is 6.07 Å². The predicted molar refractivity (Wildman–Crippen MR) is 115 cm³/mol. The minimum Gasteiger partial charge on any atom is -0.457 e. The fourth-order valence-electron chi connectivity index (χ4n) is 3.59. The maximum absolute atomic E-state index is 13.4. The molecule has 3 N–H and O–H groups in total. The maximum atomic E-state index is 13.4. The fourth-order valence-corrected chi connectivity index (χ4v) is 3.59. The molecule has 4 rings (SSSR count). The Kier molecular flexibility index (Phi) is 5.96. The highest BCUT2D eigenvalue weighted by Crippen LogP contribution is 2.30. The van der Waals surface area contributed by atoms with Gasteiger partial charge < -0.3 is 15.4 Å². The van der Waals surface area contributed by atoms with Gasteiger partial charge in [-0.05, 0) is 47.5 Å². The predicted octanol–water partition coefficient (Wildman–Crippen LogP) is 3.26. The molecule has 1 fully saturated rings. The lowest BCUT2D eigenvalue weighted by Crippen LogP contribution is -2.51. The Labute approximate surface area is 183 Å². The highest BCUT2D eigenvalue weighted by Gasteiger charge is 2.47.